The third-order valence-electron chi connectivity index (χ3n) is 4.10. The van der Waals surface area contributed by atoms with Gasteiger partial charge < -0.3 is 5.11 Å². The van der Waals surface area contributed by atoms with Crippen molar-refractivity contribution in [2.75, 3.05) is 0 Å². The van der Waals surface area contributed by atoms with E-state index in [0.29, 0.717) is 5.75 Å². The Morgan fingerprint density at radius 2 is 1.38 bits per heavy atom. The molecular weight excluding hydrogens is 387 g/mol. The molecule has 1 N–H and O–H groups in total. The summed E-state index contributed by atoms with van der Waals surface area (Å²) in [5.41, 5.74) is 3.98. The molecule has 0 atom stereocenters. The predicted molar refractivity (Wildman–Crippen MR) is 95.3 cm³/mol. The number of fused-ring (bicyclic) bond motifs is 1. The number of rotatable bonds is 2. The fraction of sp³-hybridized carbons (Fsp3) is 0. The van der Waals surface area contributed by atoms with Crippen LogP contribution >= 0.6 is 0 Å². The minimum atomic E-state index is 0. The van der Waals surface area contributed by atoms with Gasteiger partial charge in [-0.15, -0.1) is 35.9 Å². The van der Waals surface area contributed by atoms with Gasteiger partial charge in [0, 0.05) is 26.0 Å². The topological polar surface area (TPSA) is 20.2 Å². The number of aromatic hydroxyl groups is 1. The minimum absolute atomic E-state index is 0. The molecule has 0 spiro atoms. The Labute approximate surface area is 155 Å². The number of hydrogen-bond donors (Lipinski definition) is 1. The largest absolute Gasteiger partial charge is 0.507 e. The molecule has 0 amide bonds. The smallest absolute Gasteiger partial charge is 0.123 e. The molecule has 0 aliphatic heterocycles. The minimum Gasteiger partial charge on any atom is -0.507 e. The Morgan fingerprint density at radius 3 is 2.17 bits per heavy atom. The molecule has 0 aliphatic carbocycles. The van der Waals surface area contributed by atoms with Crippen LogP contribution in [0.15, 0.2) is 84.9 Å². The first kappa shape index (κ1) is 16.5. The van der Waals surface area contributed by atoms with Crippen molar-refractivity contribution in [3.8, 4) is 28.0 Å². The molecule has 0 unspecified atom stereocenters. The molecular formula is C22H15OPd-. The van der Waals surface area contributed by atoms with Crippen LogP contribution < -0.4 is 0 Å². The van der Waals surface area contributed by atoms with Crippen molar-refractivity contribution in [3.63, 3.8) is 0 Å². The van der Waals surface area contributed by atoms with Gasteiger partial charge in [0.15, 0.2) is 0 Å². The molecule has 2 heteroatoms. The molecule has 0 fully saturated rings. The van der Waals surface area contributed by atoms with E-state index in [2.05, 4.69) is 30.3 Å². The number of benzene rings is 4. The van der Waals surface area contributed by atoms with Crippen LogP contribution in [0.2, 0.25) is 0 Å². The third kappa shape index (κ3) is 2.87. The van der Waals surface area contributed by atoms with Crippen LogP contribution in [-0.4, -0.2) is 5.11 Å². The zero-order valence-electron chi connectivity index (χ0n) is 12.8. The molecule has 4 rings (SSSR count). The molecule has 4 aromatic carbocycles. The van der Waals surface area contributed by atoms with E-state index in [-0.39, 0.29) is 20.4 Å². The summed E-state index contributed by atoms with van der Waals surface area (Å²) in [5.74, 6) is 0.298. The predicted octanol–water partition coefficient (Wildman–Crippen LogP) is 5.68. The summed E-state index contributed by atoms with van der Waals surface area (Å²) in [4.78, 5) is 0. The van der Waals surface area contributed by atoms with E-state index in [4.69, 9.17) is 0 Å². The number of phenols is 1. The van der Waals surface area contributed by atoms with Gasteiger partial charge in [0.2, 0.25) is 0 Å². The van der Waals surface area contributed by atoms with Gasteiger partial charge in [0.1, 0.15) is 5.75 Å². The first-order valence-corrected chi connectivity index (χ1v) is 7.62. The van der Waals surface area contributed by atoms with Gasteiger partial charge in [-0.3, -0.25) is 0 Å². The Bertz CT molecular complexity index is 977. The molecule has 1 nitrogen and oxygen atoms in total. The average molecular weight is 402 g/mol. The second kappa shape index (κ2) is 7.01. The Hall–Kier alpha value is -2.40. The fourth-order valence-electron chi connectivity index (χ4n) is 3.04. The summed E-state index contributed by atoms with van der Waals surface area (Å²) in [6.07, 6.45) is 0. The summed E-state index contributed by atoms with van der Waals surface area (Å²) in [6.45, 7) is 0. The number of hydrogen-bond acceptors (Lipinski definition) is 1. The normalized spacial score (nSPS) is 10.3. The van der Waals surface area contributed by atoms with Gasteiger partial charge in [-0.05, 0) is 22.4 Å². The third-order valence-corrected chi connectivity index (χ3v) is 4.10. The van der Waals surface area contributed by atoms with Crippen molar-refractivity contribution in [1.82, 2.24) is 0 Å². The Morgan fingerprint density at radius 1 is 0.667 bits per heavy atom. The van der Waals surface area contributed by atoms with Crippen LogP contribution in [0.3, 0.4) is 0 Å². The van der Waals surface area contributed by atoms with Gasteiger partial charge in [-0.1, -0.05) is 60.2 Å². The summed E-state index contributed by atoms with van der Waals surface area (Å²) in [5, 5.41) is 12.7. The van der Waals surface area contributed by atoms with Crippen molar-refractivity contribution >= 4 is 10.8 Å². The maximum atomic E-state index is 10.5. The SMILES string of the molecule is Oc1ccc2ccccc2c1-c1ccccc1-c1[c-]cccc1.[Pd]. The zero-order chi connectivity index (χ0) is 15.6. The number of phenolic OH excluding ortho intramolecular Hbond substituents is 1. The van der Waals surface area contributed by atoms with Crippen LogP contribution in [0, 0.1) is 6.07 Å². The van der Waals surface area contributed by atoms with E-state index in [1.807, 2.05) is 54.6 Å². The molecule has 24 heavy (non-hydrogen) atoms. The summed E-state index contributed by atoms with van der Waals surface area (Å²) in [6, 6.07) is 31.2. The standard InChI is InChI=1S/C22H15O.Pd/c23-21-15-14-17-10-4-5-12-19(17)22(21)20-13-7-6-11-18(20)16-8-2-1-3-9-16;/h1-8,10-15,23H;/q-1;. The van der Waals surface area contributed by atoms with Crippen molar-refractivity contribution in [1.29, 1.82) is 0 Å². The van der Waals surface area contributed by atoms with E-state index < -0.39 is 0 Å². The summed E-state index contributed by atoms with van der Waals surface area (Å²) in [7, 11) is 0. The summed E-state index contributed by atoms with van der Waals surface area (Å²) < 4.78 is 0. The van der Waals surface area contributed by atoms with Crippen molar-refractivity contribution < 1.29 is 25.5 Å². The van der Waals surface area contributed by atoms with Crippen LogP contribution in [0.5, 0.6) is 5.75 Å². The molecule has 0 aliphatic rings. The first-order chi connectivity index (χ1) is 11.3. The first-order valence-electron chi connectivity index (χ1n) is 7.62. The zero-order valence-corrected chi connectivity index (χ0v) is 14.4. The molecule has 4 aromatic rings. The fourth-order valence-corrected chi connectivity index (χ4v) is 3.04. The molecule has 120 valence electrons. The molecule has 0 saturated heterocycles. The Kier molecular flexibility index (Phi) is 4.81. The van der Waals surface area contributed by atoms with E-state index in [9.17, 15) is 5.11 Å². The molecule has 0 aromatic heterocycles. The second-order valence-corrected chi connectivity index (χ2v) is 5.50. The van der Waals surface area contributed by atoms with Gasteiger partial charge in [0.25, 0.3) is 0 Å². The van der Waals surface area contributed by atoms with Gasteiger partial charge in [-0.25, -0.2) is 0 Å². The maximum absolute atomic E-state index is 10.5. The molecule has 0 radical (unpaired) electrons. The molecule has 0 bridgehead atoms. The van der Waals surface area contributed by atoms with Gasteiger partial charge in [-0.2, -0.15) is 0 Å². The maximum Gasteiger partial charge on any atom is 0.123 e. The second-order valence-electron chi connectivity index (χ2n) is 5.50. The van der Waals surface area contributed by atoms with Crippen LogP contribution in [0.1, 0.15) is 0 Å². The monoisotopic (exact) mass is 401 g/mol. The molecule has 0 saturated carbocycles. The van der Waals surface area contributed by atoms with Crippen molar-refractivity contribution in [2.24, 2.45) is 0 Å². The van der Waals surface area contributed by atoms with Crippen LogP contribution in [0.4, 0.5) is 0 Å². The summed E-state index contributed by atoms with van der Waals surface area (Å²) >= 11 is 0. The van der Waals surface area contributed by atoms with Crippen LogP contribution in [-0.2, 0) is 20.4 Å². The Balaban J connectivity index is 0.00000169. The van der Waals surface area contributed by atoms with E-state index >= 15 is 0 Å². The van der Waals surface area contributed by atoms with E-state index in [0.717, 1.165) is 33.0 Å². The quantitative estimate of drug-likeness (QED) is 0.338. The van der Waals surface area contributed by atoms with Crippen molar-refractivity contribution in [3.05, 3.63) is 91.0 Å². The average Bonchev–Trinajstić information content (AvgIpc) is 2.62. The van der Waals surface area contributed by atoms with E-state index in [1.54, 1.807) is 6.07 Å². The van der Waals surface area contributed by atoms with Crippen LogP contribution in [0.25, 0.3) is 33.0 Å². The van der Waals surface area contributed by atoms with E-state index in [1.165, 1.54) is 0 Å². The van der Waals surface area contributed by atoms with Crippen molar-refractivity contribution in [2.45, 2.75) is 0 Å². The van der Waals surface area contributed by atoms with Gasteiger partial charge in [0.05, 0.1) is 0 Å². The molecule has 0 heterocycles. The van der Waals surface area contributed by atoms with Gasteiger partial charge >= 0.3 is 0 Å².